The van der Waals surface area contributed by atoms with Crippen LogP contribution in [0.2, 0.25) is 0 Å². The highest BCUT2D eigenvalue weighted by Gasteiger charge is 2.23. The average Bonchev–Trinajstić information content (AvgIpc) is 3.91. The number of benzene rings is 7. The number of rotatable bonds is 4. The van der Waals surface area contributed by atoms with Crippen molar-refractivity contribution in [2.75, 3.05) is 0 Å². The smallest absolute Gasteiger partial charge is 0.213 e. The molecule has 11 aromatic rings. The maximum Gasteiger partial charge on any atom is 0.213 e. The highest BCUT2D eigenvalue weighted by molar-refractivity contribution is 6.21. The Balaban J connectivity index is 1.20. The van der Waals surface area contributed by atoms with Gasteiger partial charge in [-0.15, -0.1) is 0 Å². The number of fused-ring (bicyclic) bond motifs is 10. The van der Waals surface area contributed by atoms with E-state index in [1.807, 2.05) is 6.07 Å². The van der Waals surface area contributed by atoms with E-state index in [1.54, 1.807) is 0 Å². The largest absolute Gasteiger partial charge is 0.439 e. The summed E-state index contributed by atoms with van der Waals surface area (Å²) < 4.78 is 13.8. The van der Waals surface area contributed by atoms with Crippen molar-refractivity contribution in [2.45, 2.75) is 0 Å². The van der Waals surface area contributed by atoms with Gasteiger partial charge in [0.15, 0.2) is 0 Å². The normalized spacial score (nSPS) is 12.0. The summed E-state index contributed by atoms with van der Waals surface area (Å²) in [5.41, 5.74) is 13.3. The third-order valence-corrected chi connectivity index (χ3v) is 10.2. The molecule has 4 heterocycles. The molecule has 0 aliphatic rings. The predicted octanol–water partition coefficient (Wildman–Crippen LogP) is 12.2. The Morgan fingerprint density at radius 1 is 0.340 bits per heavy atom. The van der Waals surface area contributed by atoms with E-state index in [-0.39, 0.29) is 0 Å². The number of hydrogen-bond donors (Lipinski definition) is 0. The zero-order chi connectivity index (χ0) is 32.8. The number of aromatic nitrogens is 3. The van der Waals surface area contributed by atoms with Gasteiger partial charge in [-0.1, -0.05) is 121 Å². The molecule has 50 heavy (non-hydrogen) atoms. The molecule has 4 heteroatoms. The van der Waals surface area contributed by atoms with Crippen LogP contribution >= 0.6 is 0 Å². The second kappa shape index (κ2) is 10.4. The molecule has 0 fully saturated rings. The Kier molecular flexibility index (Phi) is 5.63. The fourth-order valence-electron chi connectivity index (χ4n) is 8.15. The van der Waals surface area contributed by atoms with Gasteiger partial charge in [0.05, 0.1) is 38.7 Å². The second-order valence-electron chi connectivity index (χ2n) is 13.0. The van der Waals surface area contributed by atoms with Crippen LogP contribution in [0.15, 0.2) is 180 Å². The molecule has 0 aliphatic heterocycles. The van der Waals surface area contributed by atoms with E-state index in [1.165, 1.54) is 49.4 Å². The monoisotopic (exact) mass is 639 g/mol. The van der Waals surface area contributed by atoms with Gasteiger partial charge in [0.1, 0.15) is 5.58 Å². The van der Waals surface area contributed by atoms with Crippen molar-refractivity contribution in [1.29, 1.82) is 0 Å². The van der Waals surface area contributed by atoms with Gasteiger partial charge in [0.2, 0.25) is 5.71 Å². The highest BCUT2D eigenvalue weighted by Crippen LogP contribution is 2.43. The first-order valence-electron chi connectivity index (χ1n) is 17.0. The molecule has 11 rings (SSSR count). The zero-order valence-corrected chi connectivity index (χ0v) is 27.0. The quantitative estimate of drug-likeness (QED) is 0.188. The van der Waals surface area contributed by atoms with E-state index < -0.39 is 0 Å². The lowest BCUT2D eigenvalue weighted by molar-refractivity contribution is 0.645. The second-order valence-corrected chi connectivity index (χ2v) is 13.0. The lowest BCUT2D eigenvalue weighted by atomic mass is 10.1. The van der Waals surface area contributed by atoms with Crippen molar-refractivity contribution in [3.8, 4) is 28.2 Å². The SMILES string of the molecule is c1ccc(-c2cccc(-n3c4ccccc4c4c3c3ccccc3n4-c3cccc(-n4c5ccccc5c5c6ccccc6oc54)c3)c2)cc1. The van der Waals surface area contributed by atoms with Gasteiger partial charge in [0, 0.05) is 32.9 Å². The van der Waals surface area contributed by atoms with Crippen LogP contribution in [0.3, 0.4) is 0 Å². The van der Waals surface area contributed by atoms with E-state index in [0.717, 1.165) is 44.6 Å². The molecule has 0 radical (unpaired) electrons. The van der Waals surface area contributed by atoms with E-state index >= 15 is 0 Å². The molecule has 0 atom stereocenters. The minimum absolute atomic E-state index is 0.863. The summed E-state index contributed by atoms with van der Waals surface area (Å²) in [5.74, 6) is 0. The third-order valence-electron chi connectivity index (χ3n) is 10.2. The summed E-state index contributed by atoms with van der Waals surface area (Å²) in [7, 11) is 0. The van der Waals surface area contributed by atoms with Crippen LogP contribution in [-0.2, 0) is 0 Å². The number of para-hydroxylation sites is 4. The topological polar surface area (TPSA) is 27.9 Å². The molecular formula is C46H29N3O. The van der Waals surface area contributed by atoms with Crippen molar-refractivity contribution in [3.05, 3.63) is 176 Å². The first-order valence-corrected chi connectivity index (χ1v) is 17.0. The molecule has 0 saturated heterocycles. The average molecular weight is 640 g/mol. The first kappa shape index (κ1) is 27.2. The van der Waals surface area contributed by atoms with Gasteiger partial charge in [-0.3, -0.25) is 4.57 Å². The van der Waals surface area contributed by atoms with Gasteiger partial charge in [-0.25, -0.2) is 0 Å². The molecule has 7 aromatic carbocycles. The van der Waals surface area contributed by atoms with Crippen LogP contribution in [0.5, 0.6) is 0 Å². The van der Waals surface area contributed by atoms with Crippen molar-refractivity contribution < 1.29 is 4.42 Å². The minimum atomic E-state index is 0.863. The summed E-state index contributed by atoms with van der Waals surface area (Å²) in [5, 5.41) is 5.89. The van der Waals surface area contributed by atoms with Gasteiger partial charge < -0.3 is 13.6 Å². The van der Waals surface area contributed by atoms with Crippen molar-refractivity contribution in [3.63, 3.8) is 0 Å². The predicted molar refractivity (Wildman–Crippen MR) is 207 cm³/mol. The van der Waals surface area contributed by atoms with Crippen LogP contribution in [0.1, 0.15) is 0 Å². The first-order chi connectivity index (χ1) is 24.8. The Hall–Kier alpha value is -6.78. The summed E-state index contributed by atoms with van der Waals surface area (Å²) in [6.07, 6.45) is 0. The molecule has 0 bridgehead atoms. The maximum absolute atomic E-state index is 6.60. The van der Waals surface area contributed by atoms with E-state index in [2.05, 4.69) is 184 Å². The molecule has 0 amide bonds. The number of nitrogens with zero attached hydrogens (tertiary/aromatic N) is 3. The lowest BCUT2D eigenvalue weighted by Gasteiger charge is -2.12. The van der Waals surface area contributed by atoms with Gasteiger partial charge in [-0.2, -0.15) is 0 Å². The van der Waals surface area contributed by atoms with E-state index in [4.69, 9.17) is 4.42 Å². The van der Waals surface area contributed by atoms with Crippen LogP contribution in [0.4, 0.5) is 0 Å². The summed E-state index contributed by atoms with van der Waals surface area (Å²) in [6.45, 7) is 0. The van der Waals surface area contributed by atoms with Gasteiger partial charge in [-0.05, 0) is 65.7 Å². The van der Waals surface area contributed by atoms with Gasteiger partial charge in [0.25, 0.3) is 0 Å². The molecular weight excluding hydrogens is 611 g/mol. The molecule has 0 unspecified atom stereocenters. The van der Waals surface area contributed by atoms with E-state index in [0.29, 0.717) is 0 Å². The minimum Gasteiger partial charge on any atom is -0.439 e. The Morgan fingerprint density at radius 2 is 0.820 bits per heavy atom. The Bertz CT molecular complexity index is 3090. The zero-order valence-electron chi connectivity index (χ0n) is 27.0. The molecule has 234 valence electrons. The summed E-state index contributed by atoms with van der Waals surface area (Å²) >= 11 is 0. The molecule has 0 spiro atoms. The van der Waals surface area contributed by atoms with Crippen LogP contribution in [0, 0.1) is 0 Å². The van der Waals surface area contributed by atoms with Crippen LogP contribution in [0.25, 0.3) is 94.0 Å². The highest BCUT2D eigenvalue weighted by atomic mass is 16.3. The maximum atomic E-state index is 6.60. The molecule has 0 saturated carbocycles. The molecule has 4 aromatic heterocycles. The number of hydrogen-bond acceptors (Lipinski definition) is 1. The molecule has 4 nitrogen and oxygen atoms in total. The van der Waals surface area contributed by atoms with Crippen molar-refractivity contribution in [1.82, 2.24) is 13.7 Å². The molecule has 0 aliphatic carbocycles. The van der Waals surface area contributed by atoms with E-state index in [9.17, 15) is 0 Å². The molecule has 0 N–H and O–H groups in total. The fourth-order valence-corrected chi connectivity index (χ4v) is 8.15. The summed E-state index contributed by atoms with van der Waals surface area (Å²) in [4.78, 5) is 0. The number of furan rings is 1. The Labute approximate surface area is 287 Å². The van der Waals surface area contributed by atoms with Crippen LogP contribution < -0.4 is 0 Å². The van der Waals surface area contributed by atoms with Crippen molar-refractivity contribution >= 4 is 65.8 Å². The Morgan fingerprint density at radius 3 is 1.50 bits per heavy atom. The third kappa shape index (κ3) is 3.76. The lowest BCUT2D eigenvalue weighted by Crippen LogP contribution is -1.98. The standard InChI is InChI=1S/C46H29N3O/c1-2-14-30(15-3-1)31-16-12-17-32(28-31)47-40-25-9-5-21-36(40)45-44(47)37-22-6-10-26-41(37)48(45)33-18-13-19-34(29-33)49-39-24-8-4-20-35(39)43-38-23-7-11-27-42(38)50-46(43)49/h1-29H. The fraction of sp³-hybridized carbons (Fsp3) is 0. The van der Waals surface area contributed by atoms with Crippen LogP contribution in [-0.4, -0.2) is 13.7 Å². The van der Waals surface area contributed by atoms with Gasteiger partial charge >= 0.3 is 0 Å². The van der Waals surface area contributed by atoms with Crippen molar-refractivity contribution in [2.24, 2.45) is 0 Å². The summed E-state index contributed by atoms with van der Waals surface area (Å²) in [6, 6.07) is 62.9.